The lowest BCUT2D eigenvalue weighted by molar-refractivity contribution is 0.411. The fraction of sp³-hybridized carbons (Fsp3) is 0.400. The number of benzene rings is 1. The topological polar surface area (TPSA) is 69.4 Å². The van der Waals surface area contributed by atoms with Gasteiger partial charge in [0.15, 0.2) is 10.9 Å². The van der Waals surface area contributed by atoms with E-state index in [2.05, 4.69) is 38.0 Å². The normalized spacial score (nSPS) is 9.47. The maximum Gasteiger partial charge on any atom is 0.198 e. The largest absolute Gasteiger partial charge is 0.496 e. The molecule has 15 heavy (non-hydrogen) atoms. The summed E-state index contributed by atoms with van der Waals surface area (Å²) in [5, 5.41) is 4.06. The summed E-state index contributed by atoms with van der Waals surface area (Å²) in [6.07, 6.45) is 0. The van der Waals surface area contributed by atoms with Gasteiger partial charge in [-0.05, 0) is 43.5 Å². The predicted octanol–water partition coefficient (Wildman–Crippen LogP) is 1.09. The molecule has 0 spiro atoms. The Labute approximate surface area is 92.1 Å². The molecule has 0 atom stereocenters. The van der Waals surface area contributed by atoms with Gasteiger partial charge in [-0.25, -0.2) is 13.6 Å². The second-order valence-electron chi connectivity index (χ2n) is 3.19. The molecule has 1 aromatic rings. The Morgan fingerprint density at radius 2 is 1.67 bits per heavy atom. The van der Waals surface area contributed by atoms with E-state index >= 15 is 0 Å². The van der Waals surface area contributed by atoms with Gasteiger partial charge in [-0.15, -0.1) is 0 Å². The second kappa shape index (κ2) is 6.42. The van der Waals surface area contributed by atoms with E-state index in [0.717, 1.165) is 5.75 Å². The van der Waals surface area contributed by atoms with Crippen molar-refractivity contribution in [3.8, 4) is 5.75 Å². The highest BCUT2D eigenvalue weighted by atomic mass is 32.2. The number of aryl methyl sites for hydroxylation is 2. The van der Waals surface area contributed by atoms with Crippen LogP contribution in [0.5, 0.6) is 5.75 Å². The van der Waals surface area contributed by atoms with Gasteiger partial charge in [0, 0.05) is 0 Å². The first-order valence-corrected chi connectivity index (χ1v) is 5.64. The number of nitrogens with two attached hydrogens (primary N) is 1. The molecule has 0 saturated carbocycles. The van der Waals surface area contributed by atoms with E-state index in [1.54, 1.807) is 7.11 Å². The molecule has 0 heterocycles. The molecule has 0 unspecified atom stereocenters. The third kappa shape index (κ3) is 5.39. The van der Waals surface area contributed by atoms with Crippen molar-refractivity contribution >= 4 is 10.9 Å². The van der Waals surface area contributed by atoms with Crippen molar-refractivity contribution < 1.29 is 13.2 Å². The first-order valence-electron chi connectivity index (χ1n) is 4.39. The van der Waals surface area contributed by atoms with Crippen LogP contribution in [-0.4, -0.2) is 15.5 Å². The van der Waals surface area contributed by atoms with Crippen LogP contribution in [0.3, 0.4) is 0 Å². The molecule has 0 aliphatic rings. The predicted molar refractivity (Wildman–Crippen MR) is 61.7 cm³/mol. The zero-order valence-corrected chi connectivity index (χ0v) is 10.3. The van der Waals surface area contributed by atoms with E-state index < -0.39 is 10.9 Å². The number of thiol groups is 1. The Balaban J connectivity index is 0.000000423. The smallest absolute Gasteiger partial charge is 0.198 e. The SMILES string of the molecule is COc1cc(C)cc(C)c1C.N[SH](=O)=O. The lowest BCUT2D eigenvalue weighted by atomic mass is 10.1. The lowest BCUT2D eigenvalue weighted by Gasteiger charge is -2.08. The van der Waals surface area contributed by atoms with E-state index in [1.807, 2.05) is 0 Å². The van der Waals surface area contributed by atoms with Crippen molar-refractivity contribution in [1.82, 2.24) is 0 Å². The minimum absolute atomic E-state index is 0.988. The summed E-state index contributed by atoms with van der Waals surface area (Å²) in [6, 6.07) is 4.22. The standard InChI is InChI=1S/C10H14O.H3NO2S/c1-7-5-8(2)9(3)10(6-7)11-4;1-4(2)3/h5-6H,1-4H3;4H,(H2,1,2,3). The summed E-state index contributed by atoms with van der Waals surface area (Å²) < 4.78 is 22.8. The number of hydrogen-bond acceptors (Lipinski definition) is 3. The molecule has 5 heteroatoms. The maximum atomic E-state index is 8.81. The first kappa shape index (κ1) is 13.9. The molecule has 86 valence electrons. The fourth-order valence-corrected chi connectivity index (χ4v) is 1.21. The molecule has 0 radical (unpaired) electrons. The molecule has 0 aliphatic heterocycles. The molecule has 0 amide bonds. The van der Waals surface area contributed by atoms with E-state index in [9.17, 15) is 0 Å². The van der Waals surface area contributed by atoms with Crippen molar-refractivity contribution in [2.75, 3.05) is 7.11 Å². The van der Waals surface area contributed by atoms with Crippen LogP contribution in [-0.2, 0) is 10.9 Å². The molecule has 0 aliphatic carbocycles. The maximum absolute atomic E-state index is 8.81. The third-order valence-electron chi connectivity index (χ3n) is 1.98. The minimum Gasteiger partial charge on any atom is -0.496 e. The molecular weight excluding hydrogens is 214 g/mol. The quantitative estimate of drug-likeness (QED) is 0.711. The lowest BCUT2D eigenvalue weighted by Crippen LogP contribution is -1.90. The average Bonchev–Trinajstić information content (AvgIpc) is 2.10. The zero-order chi connectivity index (χ0) is 12.0. The van der Waals surface area contributed by atoms with Gasteiger partial charge in [0.1, 0.15) is 5.75 Å². The highest BCUT2D eigenvalue weighted by Crippen LogP contribution is 2.22. The monoisotopic (exact) mass is 231 g/mol. The Morgan fingerprint density at radius 3 is 2.07 bits per heavy atom. The van der Waals surface area contributed by atoms with Crippen LogP contribution in [0, 0.1) is 20.8 Å². The fourth-order valence-electron chi connectivity index (χ4n) is 1.21. The van der Waals surface area contributed by atoms with Crippen LogP contribution in [0.2, 0.25) is 0 Å². The van der Waals surface area contributed by atoms with Gasteiger partial charge in [-0.1, -0.05) is 6.07 Å². The minimum atomic E-state index is -2.62. The van der Waals surface area contributed by atoms with Crippen LogP contribution < -0.4 is 9.88 Å². The molecule has 1 aromatic carbocycles. The second-order valence-corrected chi connectivity index (χ2v) is 3.77. The molecule has 0 fully saturated rings. The summed E-state index contributed by atoms with van der Waals surface area (Å²) in [7, 11) is -0.911. The van der Waals surface area contributed by atoms with Crippen LogP contribution in [0.25, 0.3) is 0 Å². The molecule has 0 aromatic heterocycles. The van der Waals surface area contributed by atoms with Crippen molar-refractivity contribution in [3.05, 3.63) is 28.8 Å². The number of hydrogen-bond donors (Lipinski definition) is 2. The van der Waals surface area contributed by atoms with Crippen LogP contribution in [0.1, 0.15) is 16.7 Å². The number of rotatable bonds is 1. The van der Waals surface area contributed by atoms with Gasteiger partial charge in [-0.3, -0.25) is 0 Å². The zero-order valence-electron chi connectivity index (χ0n) is 9.40. The Kier molecular flexibility index (Phi) is 5.96. The van der Waals surface area contributed by atoms with E-state index in [1.165, 1.54) is 16.7 Å². The van der Waals surface area contributed by atoms with Gasteiger partial charge >= 0.3 is 0 Å². The van der Waals surface area contributed by atoms with E-state index in [-0.39, 0.29) is 0 Å². The number of methoxy groups -OCH3 is 1. The van der Waals surface area contributed by atoms with Gasteiger partial charge in [0.2, 0.25) is 0 Å². The van der Waals surface area contributed by atoms with E-state index in [4.69, 9.17) is 13.2 Å². The molecule has 1 rings (SSSR count). The molecular formula is C10H17NO3S. The Hall–Kier alpha value is -1.07. The van der Waals surface area contributed by atoms with Crippen LogP contribution >= 0.6 is 0 Å². The summed E-state index contributed by atoms with van der Waals surface area (Å²) in [5.41, 5.74) is 3.78. The van der Waals surface area contributed by atoms with Gasteiger partial charge in [0.05, 0.1) is 7.11 Å². The average molecular weight is 231 g/mol. The van der Waals surface area contributed by atoms with Crippen molar-refractivity contribution in [2.45, 2.75) is 20.8 Å². The molecule has 4 nitrogen and oxygen atoms in total. The Bertz CT molecular complexity index is 392. The summed E-state index contributed by atoms with van der Waals surface area (Å²) in [4.78, 5) is 0. The summed E-state index contributed by atoms with van der Waals surface area (Å²) >= 11 is 0. The van der Waals surface area contributed by atoms with Crippen LogP contribution in [0.4, 0.5) is 0 Å². The highest BCUT2D eigenvalue weighted by molar-refractivity contribution is 7.69. The van der Waals surface area contributed by atoms with Crippen molar-refractivity contribution in [1.29, 1.82) is 0 Å². The highest BCUT2D eigenvalue weighted by Gasteiger charge is 2.00. The number of ether oxygens (including phenoxy) is 1. The van der Waals surface area contributed by atoms with Crippen LogP contribution in [0.15, 0.2) is 12.1 Å². The molecule has 0 saturated heterocycles. The van der Waals surface area contributed by atoms with Crippen molar-refractivity contribution in [2.24, 2.45) is 5.14 Å². The molecule has 0 bridgehead atoms. The van der Waals surface area contributed by atoms with Crippen molar-refractivity contribution in [3.63, 3.8) is 0 Å². The van der Waals surface area contributed by atoms with E-state index in [0.29, 0.717) is 0 Å². The van der Waals surface area contributed by atoms with Gasteiger partial charge in [0.25, 0.3) is 0 Å². The summed E-state index contributed by atoms with van der Waals surface area (Å²) in [6.45, 7) is 6.26. The van der Waals surface area contributed by atoms with Gasteiger partial charge < -0.3 is 4.74 Å². The Morgan fingerprint density at radius 1 is 1.20 bits per heavy atom. The van der Waals surface area contributed by atoms with Gasteiger partial charge in [-0.2, -0.15) is 0 Å². The summed E-state index contributed by atoms with van der Waals surface area (Å²) in [5.74, 6) is 0.988. The molecule has 2 N–H and O–H groups in total. The first-order chi connectivity index (χ1) is 6.88. The third-order valence-corrected chi connectivity index (χ3v) is 1.98.